The van der Waals surface area contributed by atoms with E-state index in [0.29, 0.717) is 17.1 Å². The third kappa shape index (κ3) is 3.64. The summed E-state index contributed by atoms with van der Waals surface area (Å²) in [5.74, 6) is -0.735. The highest BCUT2D eigenvalue weighted by Crippen LogP contribution is 2.22. The molecule has 1 atom stereocenters. The average Bonchev–Trinajstić information content (AvgIpc) is 2.87. The van der Waals surface area contributed by atoms with Gasteiger partial charge in [0.25, 0.3) is 5.91 Å². The van der Waals surface area contributed by atoms with Crippen molar-refractivity contribution in [2.75, 3.05) is 25.0 Å². The molecular weight excluding hydrogens is 278 g/mol. The molecule has 20 heavy (non-hydrogen) atoms. The van der Waals surface area contributed by atoms with Crippen molar-refractivity contribution in [3.8, 4) is 0 Å². The summed E-state index contributed by atoms with van der Waals surface area (Å²) in [5.41, 5.74) is 5.55. The predicted molar refractivity (Wildman–Crippen MR) is 76.7 cm³/mol. The molecule has 7 heteroatoms. The van der Waals surface area contributed by atoms with E-state index in [1.54, 1.807) is 11.4 Å². The highest BCUT2D eigenvalue weighted by molar-refractivity contribution is 7.14. The van der Waals surface area contributed by atoms with E-state index >= 15 is 0 Å². The zero-order valence-electron chi connectivity index (χ0n) is 11.0. The summed E-state index contributed by atoms with van der Waals surface area (Å²) in [6.07, 6.45) is 2.76. The SMILES string of the molecule is NC(=O)c1ccsc1NC(=O)CN1CCCC(C=O)C1. The van der Waals surface area contributed by atoms with Crippen LogP contribution in [0.2, 0.25) is 0 Å². The smallest absolute Gasteiger partial charge is 0.251 e. The highest BCUT2D eigenvalue weighted by atomic mass is 32.1. The fraction of sp³-hybridized carbons (Fsp3) is 0.462. The lowest BCUT2D eigenvalue weighted by atomic mass is 10.00. The molecule has 1 aliphatic rings. The molecule has 6 nitrogen and oxygen atoms in total. The molecule has 2 heterocycles. The van der Waals surface area contributed by atoms with Crippen LogP contribution in [0.15, 0.2) is 11.4 Å². The quantitative estimate of drug-likeness (QED) is 0.782. The van der Waals surface area contributed by atoms with Crippen molar-refractivity contribution in [3.63, 3.8) is 0 Å². The van der Waals surface area contributed by atoms with Gasteiger partial charge in [0.2, 0.25) is 5.91 Å². The number of carbonyl (C=O) groups excluding carboxylic acids is 3. The second-order valence-electron chi connectivity index (χ2n) is 4.85. The molecule has 1 aliphatic heterocycles. The first-order valence-electron chi connectivity index (χ1n) is 6.45. The topological polar surface area (TPSA) is 92.5 Å². The zero-order chi connectivity index (χ0) is 14.5. The third-order valence-corrected chi connectivity index (χ3v) is 4.12. The maximum absolute atomic E-state index is 12.0. The monoisotopic (exact) mass is 295 g/mol. The number of hydrogen-bond acceptors (Lipinski definition) is 5. The number of thiophene rings is 1. The van der Waals surface area contributed by atoms with Crippen molar-refractivity contribution < 1.29 is 14.4 Å². The van der Waals surface area contributed by atoms with E-state index in [0.717, 1.165) is 25.7 Å². The van der Waals surface area contributed by atoms with Crippen molar-refractivity contribution in [1.29, 1.82) is 0 Å². The van der Waals surface area contributed by atoms with E-state index in [-0.39, 0.29) is 18.4 Å². The summed E-state index contributed by atoms with van der Waals surface area (Å²) in [6, 6.07) is 1.59. The normalized spacial score (nSPS) is 19.5. The summed E-state index contributed by atoms with van der Waals surface area (Å²) < 4.78 is 0. The number of anilines is 1. The summed E-state index contributed by atoms with van der Waals surface area (Å²) in [7, 11) is 0. The van der Waals surface area contributed by atoms with Crippen LogP contribution < -0.4 is 11.1 Å². The molecule has 1 unspecified atom stereocenters. The molecule has 1 fully saturated rings. The van der Waals surface area contributed by atoms with E-state index in [1.165, 1.54) is 11.3 Å². The van der Waals surface area contributed by atoms with Gasteiger partial charge in [0.15, 0.2) is 0 Å². The van der Waals surface area contributed by atoms with Crippen LogP contribution in [-0.4, -0.2) is 42.6 Å². The lowest BCUT2D eigenvalue weighted by Gasteiger charge is -2.29. The Morgan fingerprint density at radius 2 is 2.35 bits per heavy atom. The largest absolute Gasteiger partial charge is 0.366 e. The number of rotatable bonds is 5. The fourth-order valence-electron chi connectivity index (χ4n) is 2.32. The molecule has 1 aromatic heterocycles. The van der Waals surface area contributed by atoms with Crippen LogP contribution in [0.1, 0.15) is 23.2 Å². The zero-order valence-corrected chi connectivity index (χ0v) is 11.8. The minimum absolute atomic E-state index is 0.0134. The highest BCUT2D eigenvalue weighted by Gasteiger charge is 2.21. The van der Waals surface area contributed by atoms with E-state index in [9.17, 15) is 14.4 Å². The molecule has 1 aromatic rings. The Hall–Kier alpha value is -1.73. The predicted octanol–water partition coefficient (Wildman–Crippen LogP) is 0.696. The van der Waals surface area contributed by atoms with Gasteiger partial charge in [-0.15, -0.1) is 11.3 Å². The number of amides is 2. The first-order chi connectivity index (χ1) is 9.60. The fourth-order valence-corrected chi connectivity index (χ4v) is 3.12. The first kappa shape index (κ1) is 14.7. The average molecular weight is 295 g/mol. The molecule has 1 saturated heterocycles. The minimum Gasteiger partial charge on any atom is -0.366 e. The molecule has 3 N–H and O–H groups in total. The molecule has 0 aliphatic carbocycles. The van der Waals surface area contributed by atoms with Gasteiger partial charge in [0.1, 0.15) is 11.3 Å². The number of primary amides is 1. The molecular formula is C13H17N3O3S. The maximum Gasteiger partial charge on any atom is 0.251 e. The number of likely N-dealkylation sites (tertiary alicyclic amines) is 1. The number of aldehydes is 1. The number of piperidine rings is 1. The molecule has 2 amide bonds. The molecule has 0 spiro atoms. The van der Waals surface area contributed by atoms with Crippen molar-refractivity contribution in [2.45, 2.75) is 12.8 Å². The maximum atomic E-state index is 12.0. The minimum atomic E-state index is -0.555. The van der Waals surface area contributed by atoms with Crippen LogP contribution >= 0.6 is 11.3 Å². The third-order valence-electron chi connectivity index (χ3n) is 3.29. The van der Waals surface area contributed by atoms with Gasteiger partial charge < -0.3 is 15.8 Å². The number of hydrogen-bond donors (Lipinski definition) is 2. The van der Waals surface area contributed by atoms with Gasteiger partial charge in [-0.2, -0.15) is 0 Å². The Kier molecular flexibility index (Phi) is 4.86. The number of nitrogens with zero attached hydrogens (tertiary/aromatic N) is 1. The Bertz CT molecular complexity index is 515. The van der Waals surface area contributed by atoms with E-state index in [4.69, 9.17) is 5.73 Å². The van der Waals surface area contributed by atoms with Crippen molar-refractivity contribution in [2.24, 2.45) is 11.7 Å². The lowest BCUT2D eigenvalue weighted by Crippen LogP contribution is -2.40. The van der Waals surface area contributed by atoms with Gasteiger partial charge in [-0.25, -0.2) is 0 Å². The van der Waals surface area contributed by atoms with E-state index in [2.05, 4.69) is 5.32 Å². The second-order valence-corrected chi connectivity index (χ2v) is 5.77. The Morgan fingerprint density at radius 3 is 3.05 bits per heavy atom. The van der Waals surface area contributed by atoms with Crippen molar-refractivity contribution in [3.05, 3.63) is 17.0 Å². The Balaban J connectivity index is 1.90. The molecule has 108 valence electrons. The molecule has 2 rings (SSSR count). The summed E-state index contributed by atoms with van der Waals surface area (Å²) >= 11 is 1.27. The van der Waals surface area contributed by atoms with Crippen LogP contribution in [0.25, 0.3) is 0 Å². The molecule has 0 saturated carbocycles. The van der Waals surface area contributed by atoms with Gasteiger partial charge in [-0.05, 0) is 30.8 Å². The number of nitrogens with one attached hydrogen (secondary N) is 1. The summed E-state index contributed by atoms with van der Waals surface area (Å²) in [5, 5.41) is 4.89. The summed E-state index contributed by atoms with van der Waals surface area (Å²) in [4.78, 5) is 35.9. The van der Waals surface area contributed by atoms with Gasteiger partial charge in [0, 0.05) is 12.5 Å². The molecule has 0 radical (unpaired) electrons. The van der Waals surface area contributed by atoms with E-state index in [1.807, 2.05) is 4.90 Å². The van der Waals surface area contributed by atoms with Gasteiger partial charge >= 0.3 is 0 Å². The lowest BCUT2D eigenvalue weighted by molar-refractivity contribution is -0.119. The Morgan fingerprint density at radius 1 is 1.55 bits per heavy atom. The molecule has 0 bridgehead atoms. The van der Waals surface area contributed by atoms with Crippen molar-refractivity contribution in [1.82, 2.24) is 4.90 Å². The van der Waals surface area contributed by atoms with Gasteiger partial charge in [-0.1, -0.05) is 0 Å². The van der Waals surface area contributed by atoms with Crippen LogP contribution in [0.5, 0.6) is 0 Å². The number of nitrogens with two attached hydrogens (primary N) is 1. The Labute approximate surface area is 120 Å². The van der Waals surface area contributed by atoms with Crippen LogP contribution in [-0.2, 0) is 9.59 Å². The summed E-state index contributed by atoms with van der Waals surface area (Å²) in [6.45, 7) is 1.65. The first-order valence-corrected chi connectivity index (χ1v) is 7.33. The van der Waals surface area contributed by atoms with E-state index < -0.39 is 5.91 Å². The second kappa shape index (κ2) is 6.62. The standard InChI is InChI=1S/C13H17N3O3S/c14-12(19)10-3-5-20-13(10)15-11(18)7-16-4-1-2-9(6-16)8-17/h3,5,8-9H,1-2,4,6-7H2,(H2,14,19)(H,15,18). The van der Waals surface area contributed by atoms with Crippen LogP contribution in [0, 0.1) is 5.92 Å². The van der Waals surface area contributed by atoms with Crippen LogP contribution in [0.4, 0.5) is 5.00 Å². The molecule has 0 aromatic carbocycles. The van der Waals surface area contributed by atoms with Crippen molar-refractivity contribution >= 4 is 34.4 Å². The van der Waals surface area contributed by atoms with Crippen LogP contribution in [0.3, 0.4) is 0 Å². The number of carbonyl (C=O) groups is 3. The van der Waals surface area contributed by atoms with Gasteiger partial charge in [0.05, 0.1) is 12.1 Å². The van der Waals surface area contributed by atoms with Gasteiger partial charge in [-0.3, -0.25) is 14.5 Å².